The Labute approximate surface area is 248 Å². The van der Waals surface area contributed by atoms with Crippen molar-refractivity contribution in [2.45, 2.75) is 26.6 Å². The van der Waals surface area contributed by atoms with E-state index in [9.17, 15) is 19.5 Å². The third-order valence-corrected chi connectivity index (χ3v) is 7.07. The number of rotatable bonds is 9. The molecule has 0 saturated carbocycles. The predicted molar refractivity (Wildman–Crippen MR) is 162 cm³/mol. The highest BCUT2D eigenvalue weighted by atomic mass is 16.6. The Morgan fingerprint density at radius 1 is 1.00 bits per heavy atom. The lowest BCUT2D eigenvalue weighted by atomic mass is 9.89. The largest absolute Gasteiger partial charge is 0.367 e. The van der Waals surface area contributed by atoms with Crippen LogP contribution in [0.25, 0.3) is 11.3 Å². The fraction of sp³-hybridized carbons (Fsp3) is 0.188. The molecule has 2 heterocycles. The van der Waals surface area contributed by atoms with E-state index in [0.29, 0.717) is 22.9 Å². The van der Waals surface area contributed by atoms with E-state index in [-0.39, 0.29) is 17.9 Å². The second kappa shape index (κ2) is 12.3. The number of aliphatic hydroxyl groups is 1. The van der Waals surface area contributed by atoms with E-state index in [0.717, 1.165) is 22.5 Å². The van der Waals surface area contributed by atoms with Gasteiger partial charge in [0.05, 0.1) is 11.3 Å². The average molecular weight is 579 g/mol. The summed E-state index contributed by atoms with van der Waals surface area (Å²) in [4.78, 5) is 51.4. The van der Waals surface area contributed by atoms with Crippen LogP contribution in [-0.4, -0.2) is 51.1 Å². The van der Waals surface area contributed by atoms with Gasteiger partial charge in [-0.2, -0.15) is 0 Å². The monoisotopic (exact) mass is 578 g/mol. The van der Waals surface area contributed by atoms with Gasteiger partial charge in [0.15, 0.2) is 12.1 Å². The van der Waals surface area contributed by atoms with Crippen molar-refractivity contribution in [2.24, 2.45) is 5.41 Å². The van der Waals surface area contributed by atoms with Crippen molar-refractivity contribution in [3.05, 3.63) is 102 Å². The first kappa shape index (κ1) is 29.2. The molecule has 2 amide bonds. The molecule has 4 aromatic rings. The number of pyridine rings is 1. The van der Waals surface area contributed by atoms with E-state index < -0.39 is 23.4 Å². The number of nitrogens with zero attached hydrogens (tertiary/aromatic N) is 3. The number of nitrogens with one attached hydrogen (secondary N) is 3. The summed E-state index contributed by atoms with van der Waals surface area (Å²) in [7, 11) is 1.33. The Bertz CT molecular complexity index is 1720. The first-order valence-corrected chi connectivity index (χ1v) is 13.5. The maximum Gasteiger partial charge on any atom is 0.258 e. The van der Waals surface area contributed by atoms with Crippen LogP contribution in [0.4, 0.5) is 23.0 Å². The molecule has 2 unspecified atom stereocenters. The van der Waals surface area contributed by atoms with Gasteiger partial charge in [0.1, 0.15) is 0 Å². The summed E-state index contributed by atoms with van der Waals surface area (Å²) in [6.45, 7) is 3.54. The maximum absolute atomic E-state index is 13.0. The van der Waals surface area contributed by atoms with Crippen LogP contribution in [0, 0.1) is 12.3 Å². The lowest BCUT2D eigenvalue weighted by molar-refractivity contribution is -0.141. The topological polar surface area (TPSA) is 155 Å². The number of aliphatic hydroxyl groups excluding tert-OH is 1. The number of aromatic nitrogens is 3. The van der Waals surface area contributed by atoms with Gasteiger partial charge in [0.2, 0.25) is 5.95 Å². The summed E-state index contributed by atoms with van der Waals surface area (Å²) in [6.07, 6.45) is 5.26. The summed E-state index contributed by atoms with van der Waals surface area (Å²) in [5.74, 6) is -0.973. The van der Waals surface area contributed by atoms with Crippen LogP contribution < -0.4 is 16.0 Å². The van der Waals surface area contributed by atoms with Gasteiger partial charge >= 0.3 is 0 Å². The van der Waals surface area contributed by atoms with E-state index in [1.54, 1.807) is 49.8 Å². The SMILES string of the molecule is COC(O)C1(C)C=C(C(=O)Nc2cccc(C(=O)Nc3ccc(Nc4nccc(-c5cccnc5)n4)c(C)c3)c2)C(=O)C1. The molecule has 0 radical (unpaired) electrons. The Morgan fingerprint density at radius 2 is 1.79 bits per heavy atom. The first-order chi connectivity index (χ1) is 20.6. The van der Waals surface area contributed by atoms with Crippen LogP contribution in [0.2, 0.25) is 0 Å². The Hall–Kier alpha value is -5.26. The van der Waals surface area contributed by atoms with Crippen molar-refractivity contribution in [3.63, 3.8) is 0 Å². The lowest BCUT2D eigenvalue weighted by Crippen LogP contribution is -2.30. The highest BCUT2D eigenvalue weighted by Gasteiger charge is 2.42. The Balaban J connectivity index is 1.24. The van der Waals surface area contributed by atoms with Crippen LogP contribution in [-0.2, 0) is 14.3 Å². The van der Waals surface area contributed by atoms with Gasteiger partial charge in [0.25, 0.3) is 11.8 Å². The fourth-order valence-corrected chi connectivity index (χ4v) is 4.76. The summed E-state index contributed by atoms with van der Waals surface area (Å²) >= 11 is 0. The maximum atomic E-state index is 13.0. The Kier molecular flexibility index (Phi) is 8.37. The number of aryl methyl sites for hydroxylation is 1. The third-order valence-electron chi connectivity index (χ3n) is 7.07. The van der Waals surface area contributed by atoms with Crippen molar-refractivity contribution >= 4 is 40.6 Å². The molecule has 11 heteroatoms. The van der Waals surface area contributed by atoms with Gasteiger partial charge in [-0.1, -0.05) is 19.1 Å². The Morgan fingerprint density at radius 3 is 2.53 bits per heavy atom. The van der Waals surface area contributed by atoms with Crippen molar-refractivity contribution in [1.29, 1.82) is 0 Å². The van der Waals surface area contributed by atoms with Crippen LogP contribution in [0.15, 0.2) is 90.9 Å². The van der Waals surface area contributed by atoms with E-state index >= 15 is 0 Å². The summed E-state index contributed by atoms with van der Waals surface area (Å²) in [5.41, 5.74) is 3.41. The molecular weight excluding hydrogens is 548 g/mol. The number of anilines is 4. The number of methoxy groups -OCH3 is 1. The highest BCUT2D eigenvalue weighted by Crippen LogP contribution is 2.37. The number of ether oxygens (including phenoxy) is 1. The van der Waals surface area contributed by atoms with Gasteiger partial charge in [0, 0.05) is 65.7 Å². The van der Waals surface area contributed by atoms with Crippen molar-refractivity contribution in [1.82, 2.24) is 15.0 Å². The summed E-state index contributed by atoms with van der Waals surface area (Å²) in [6, 6.07) is 17.4. The molecule has 0 spiro atoms. The number of carbonyl (C=O) groups is 3. The number of carbonyl (C=O) groups excluding carboxylic acids is 3. The molecule has 5 rings (SSSR count). The standard InChI is InChI=1S/C32H30N6O5/c1-19-14-23(9-10-25(19)37-31-34-13-11-26(38-31)21-7-5-12-33-18-21)35-28(40)20-6-4-8-22(15-20)36-29(41)24-16-32(2,17-27(24)39)30(42)43-3/h4-16,18,30,42H,17H2,1-3H3,(H,35,40)(H,36,41)(H,34,37,38). The minimum atomic E-state index is -1.22. The quantitative estimate of drug-likeness (QED) is 0.164. The van der Waals surface area contributed by atoms with E-state index in [1.807, 2.05) is 37.3 Å². The zero-order valence-corrected chi connectivity index (χ0v) is 23.8. The molecule has 2 aromatic carbocycles. The van der Waals surface area contributed by atoms with Crippen LogP contribution in [0.5, 0.6) is 0 Å². The number of hydrogen-bond donors (Lipinski definition) is 4. The molecule has 1 aliphatic rings. The van der Waals surface area contributed by atoms with Crippen molar-refractivity contribution < 1.29 is 24.2 Å². The number of hydrogen-bond acceptors (Lipinski definition) is 9. The normalized spacial score (nSPS) is 16.7. The second-order valence-electron chi connectivity index (χ2n) is 10.4. The lowest BCUT2D eigenvalue weighted by Gasteiger charge is -2.25. The molecule has 218 valence electrons. The number of Topliss-reactive ketones (excluding diaryl/α,β-unsaturated/α-hetero) is 1. The van der Waals surface area contributed by atoms with Crippen LogP contribution in [0.3, 0.4) is 0 Å². The molecule has 2 atom stereocenters. The van der Waals surface area contributed by atoms with Crippen molar-refractivity contribution in [2.75, 3.05) is 23.1 Å². The predicted octanol–water partition coefficient (Wildman–Crippen LogP) is 4.65. The minimum absolute atomic E-state index is 0.0499. The zero-order chi connectivity index (χ0) is 30.6. The van der Waals surface area contributed by atoms with Gasteiger partial charge in [-0.25, -0.2) is 9.97 Å². The smallest absolute Gasteiger partial charge is 0.258 e. The number of amides is 2. The van der Waals surface area contributed by atoms with Gasteiger partial charge in [-0.05, 0) is 67.1 Å². The van der Waals surface area contributed by atoms with E-state index in [1.165, 1.54) is 19.3 Å². The number of benzene rings is 2. The van der Waals surface area contributed by atoms with Crippen LogP contribution in [0.1, 0.15) is 29.3 Å². The van der Waals surface area contributed by atoms with E-state index in [4.69, 9.17) is 4.74 Å². The minimum Gasteiger partial charge on any atom is -0.367 e. The molecule has 0 fully saturated rings. The second-order valence-corrected chi connectivity index (χ2v) is 10.4. The average Bonchev–Trinajstić information content (AvgIpc) is 3.34. The fourth-order valence-electron chi connectivity index (χ4n) is 4.76. The molecule has 1 aliphatic carbocycles. The first-order valence-electron chi connectivity index (χ1n) is 13.5. The van der Waals surface area contributed by atoms with Gasteiger partial charge in [-0.15, -0.1) is 0 Å². The number of ketones is 1. The van der Waals surface area contributed by atoms with Gasteiger partial charge in [-0.3, -0.25) is 19.4 Å². The molecule has 43 heavy (non-hydrogen) atoms. The van der Waals surface area contributed by atoms with Crippen LogP contribution >= 0.6 is 0 Å². The molecule has 2 aromatic heterocycles. The molecule has 4 N–H and O–H groups in total. The molecule has 0 aliphatic heterocycles. The molecular formula is C32H30N6O5. The zero-order valence-electron chi connectivity index (χ0n) is 23.8. The molecule has 0 bridgehead atoms. The molecule has 0 saturated heterocycles. The summed E-state index contributed by atoms with van der Waals surface area (Å²) in [5, 5.41) is 18.8. The van der Waals surface area contributed by atoms with E-state index in [2.05, 4.69) is 30.9 Å². The van der Waals surface area contributed by atoms with Gasteiger partial charge < -0.3 is 25.8 Å². The van der Waals surface area contributed by atoms with Crippen molar-refractivity contribution in [3.8, 4) is 11.3 Å². The third kappa shape index (κ3) is 6.64. The highest BCUT2D eigenvalue weighted by molar-refractivity contribution is 6.25. The summed E-state index contributed by atoms with van der Waals surface area (Å²) < 4.78 is 4.95. The molecule has 11 nitrogen and oxygen atoms in total.